The Hall–Kier alpha value is -2.68. The molecule has 3 aliphatic rings. The number of hydrogen-bond donors (Lipinski definition) is 1. The number of allylic oxidation sites excluding steroid dienone is 1. The number of amides is 2. The number of unbranched alkanes of at least 4 members (excludes halogenated alkanes) is 5. The zero-order valence-corrected chi connectivity index (χ0v) is 26.4. The molecule has 1 N–H and O–H groups in total. The number of anilines is 1. The Balaban J connectivity index is 1.72. The number of nitrogens with zero attached hydrogens (tertiary/aromatic N) is 2. The Bertz CT molecular complexity index is 1190. The third-order valence-corrected chi connectivity index (χ3v) is 9.86. The van der Waals surface area contributed by atoms with Gasteiger partial charge in [0.2, 0.25) is 5.91 Å². The minimum Gasteiger partial charge on any atom is -0.465 e. The van der Waals surface area contributed by atoms with Crippen molar-refractivity contribution in [1.29, 1.82) is 0 Å². The summed E-state index contributed by atoms with van der Waals surface area (Å²) in [5.41, 5.74) is -0.585. The molecule has 3 aliphatic heterocycles. The van der Waals surface area contributed by atoms with Crippen LogP contribution in [0.2, 0.25) is 5.02 Å². The average molecular weight is 615 g/mol. The number of aliphatic hydroxyl groups excluding tert-OH is 1. The molecule has 3 saturated heterocycles. The first-order valence-corrected chi connectivity index (χ1v) is 16.2. The summed E-state index contributed by atoms with van der Waals surface area (Å²) in [5, 5.41) is 9.65. The lowest BCUT2D eigenvalue weighted by Gasteiger charge is -2.37. The largest absolute Gasteiger partial charge is 0.465 e. The number of carbonyl (C=O) groups excluding carboxylic acids is 3. The van der Waals surface area contributed by atoms with Gasteiger partial charge in [-0.05, 0) is 69.9 Å². The van der Waals surface area contributed by atoms with Crippen LogP contribution in [-0.4, -0.2) is 71.3 Å². The van der Waals surface area contributed by atoms with Gasteiger partial charge in [0.1, 0.15) is 17.6 Å². The Labute approximate surface area is 261 Å². The molecule has 4 rings (SSSR count). The van der Waals surface area contributed by atoms with Gasteiger partial charge in [0.25, 0.3) is 5.91 Å². The molecule has 2 amide bonds. The molecular weight excluding hydrogens is 568 g/mol. The molecule has 0 aliphatic carbocycles. The van der Waals surface area contributed by atoms with Gasteiger partial charge in [-0.3, -0.25) is 14.4 Å². The van der Waals surface area contributed by atoms with Crippen LogP contribution in [0.5, 0.6) is 0 Å². The monoisotopic (exact) mass is 614 g/mol. The van der Waals surface area contributed by atoms with E-state index in [2.05, 4.69) is 13.2 Å². The second-order valence-corrected chi connectivity index (χ2v) is 12.5. The van der Waals surface area contributed by atoms with Gasteiger partial charge in [-0.15, -0.1) is 13.2 Å². The number of fused-ring (bicyclic) bond motifs is 1. The van der Waals surface area contributed by atoms with Gasteiger partial charge in [-0.1, -0.05) is 55.7 Å². The average Bonchev–Trinajstić information content (AvgIpc) is 3.59. The van der Waals surface area contributed by atoms with E-state index in [-0.39, 0.29) is 31.6 Å². The summed E-state index contributed by atoms with van der Waals surface area (Å²) in [6, 6.07) is 4.56. The molecule has 43 heavy (non-hydrogen) atoms. The van der Waals surface area contributed by atoms with Crippen molar-refractivity contribution in [2.45, 2.75) is 95.3 Å². The normalized spacial score (nSPS) is 27.3. The zero-order valence-electron chi connectivity index (χ0n) is 25.7. The van der Waals surface area contributed by atoms with Crippen LogP contribution in [0.1, 0.15) is 76.7 Å². The second-order valence-electron chi connectivity index (χ2n) is 12.1. The van der Waals surface area contributed by atoms with E-state index in [0.717, 1.165) is 31.2 Å². The number of aliphatic hydroxyl groups is 1. The molecule has 1 spiro atoms. The minimum absolute atomic E-state index is 0.118. The summed E-state index contributed by atoms with van der Waals surface area (Å²) in [5.74, 6) is -2.50. The number of hydrogen-bond acceptors (Lipinski definition) is 6. The molecule has 236 valence electrons. The molecule has 9 heteroatoms. The number of halogens is 1. The van der Waals surface area contributed by atoms with Gasteiger partial charge in [0, 0.05) is 19.7 Å². The summed E-state index contributed by atoms with van der Waals surface area (Å²) in [6.45, 7) is 12.5. The van der Waals surface area contributed by atoms with E-state index in [1.807, 2.05) is 32.1 Å². The third kappa shape index (κ3) is 6.16. The van der Waals surface area contributed by atoms with Gasteiger partial charge in [0.05, 0.1) is 28.8 Å². The first-order chi connectivity index (χ1) is 20.7. The highest BCUT2D eigenvalue weighted by atomic mass is 35.5. The third-order valence-electron chi connectivity index (χ3n) is 9.56. The van der Waals surface area contributed by atoms with Crippen molar-refractivity contribution in [1.82, 2.24) is 4.90 Å². The highest BCUT2D eigenvalue weighted by molar-refractivity contribution is 6.34. The lowest BCUT2D eigenvalue weighted by molar-refractivity contribution is -0.161. The second kappa shape index (κ2) is 14.4. The number of likely N-dealkylation sites (tertiary alicyclic amines) is 1. The van der Waals surface area contributed by atoms with E-state index in [1.165, 1.54) is 0 Å². The molecule has 0 radical (unpaired) electrons. The van der Waals surface area contributed by atoms with Crippen LogP contribution < -0.4 is 4.90 Å². The van der Waals surface area contributed by atoms with Gasteiger partial charge < -0.3 is 24.4 Å². The summed E-state index contributed by atoms with van der Waals surface area (Å²) in [4.78, 5) is 46.2. The number of carbonyl (C=O) groups is 3. The van der Waals surface area contributed by atoms with E-state index in [4.69, 9.17) is 21.1 Å². The summed E-state index contributed by atoms with van der Waals surface area (Å²) in [7, 11) is 0. The Kier molecular flexibility index (Phi) is 11.1. The number of ether oxygens (including phenoxy) is 2. The van der Waals surface area contributed by atoms with Crippen molar-refractivity contribution in [3.63, 3.8) is 0 Å². The smallest absolute Gasteiger partial charge is 0.312 e. The lowest BCUT2D eigenvalue weighted by atomic mass is 9.65. The predicted octanol–water partition coefficient (Wildman–Crippen LogP) is 5.77. The van der Waals surface area contributed by atoms with Gasteiger partial charge >= 0.3 is 5.97 Å². The van der Waals surface area contributed by atoms with Crippen molar-refractivity contribution < 1.29 is 29.0 Å². The van der Waals surface area contributed by atoms with E-state index in [0.29, 0.717) is 55.8 Å². The molecule has 2 bridgehead atoms. The standard InChI is InChI=1S/C34H47ClN2O6/c1-5-8-9-14-23-42-32(41)27-26-30(39)37(21-12-10-11-13-22-38)29(34(26)19-18-33(27,7-3)43-34)31(40)36(20-6-2)28-24(4)16-15-17-25(28)35/h5-6,15-17,26-27,29,38H,1-2,7-14,18-23H2,3-4H3/t26-,27+,29?,33-,34?/m0/s1. The maximum absolute atomic E-state index is 14.8. The molecule has 0 saturated carbocycles. The van der Waals surface area contributed by atoms with Crippen LogP contribution in [-0.2, 0) is 23.9 Å². The molecule has 1 aromatic carbocycles. The van der Waals surface area contributed by atoms with Crippen molar-refractivity contribution >= 4 is 35.1 Å². The molecule has 5 atom stereocenters. The highest BCUT2D eigenvalue weighted by Crippen LogP contribution is 2.64. The first kappa shape index (κ1) is 33.2. The Morgan fingerprint density at radius 2 is 1.93 bits per heavy atom. The maximum atomic E-state index is 14.8. The fourth-order valence-corrected chi connectivity index (χ4v) is 7.85. The summed E-state index contributed by atoms with van der Waals surface area (Å²) < 4.78 is 12.7. The summed E-state index contributed by atoms with van der Waals surface area (Å²) in [6.07, 6.45) is 10.5. The molecule has 8 nitrogen and oxygen atoms in total. The molecule has 2 unspecified atom stereocenters. The topological polar surface area (TPSA) is 96.4 Å². The number of esters is 1. The van der Waals surface area contributed by atoms with Crippen molar-refractivity contribution in [3.05, 3.63) is 54.1 Å². The van der Waals surface area contributed by atoms with Crippen LogP contribution in [0.4, 0.5) is 5.69 Å². The van der Waals surface area contributed by atoms with E-state index >= 15 is 0 Å². The van der Waals surface area contributed by atoms with Crippen molar-refractivity contribution in [2.24, 2.45) is 11.8 Å². The van der Waals surface area contributed by atoms with Gasteiger partial charge in [-0.2, -0.15) is 0 Å². The van der Waals surface area contributed by atoms with Crippen LogP contribution in [0, 0.1) is 18.8 Å². The number of aryl methyl sites for hydroxylation is 1. The van der Waals surface area contributed by atoms with Gasteiger partial charge in [-0.25, -0.2) is 0 Å². The van der Waals surface area contributed by atoms with Crippen molar-refractivity contribution in [2.75, 3.05) is 31.2 Å². The maximum Gasteiger partial charge on any atom is 0.312 e. The highest BCUT2D eigenvalue weighted by Gasteiger charge is 2.79. The Morgan fingerprint density at radius 3 is 2.60 bits per heavy atom. The first-order valence-electron chi connectivity index (χ1n) is 15.8. The SMILES string of the molecule is C=CCCCCOC(=O)[C@H]1[C@H]2C(=O)N(CCCCCCO)C(C(=O)N(CC=C)c3c(C)cccc3Cl)C23CC[C@]1(CC)O3. The van der Waals surface area contributed by atoms with E-state index in [1.54, 1.807) is 21.9 Å². The zero-order chi connectivity index (χ0) is 31.2. The molecule has 3 fully saturated rings. The molecule has 3 heterocycles. The number of para-hydroxylation sites is 1. The number of benzene rings is 1. The lowest BCUT2D eigenvalue weighted by Crippen LogP contribution is -2.56. The van der Waals surface area contributed by atoms with Crippen LogP contribution in [0.25, 0.3) is 0 Å². The van der Waals surface area contributed by atoms with Crippen LogP contribution >= 0.6 is 11.6 Å². The Morgan fingerprint density at radius 1 is 1.16 bits per heavy atom. The predicted molar refractivity (Wildman–Crippen MR) is 168 cm³/mol. The van der Waals surface area contributed by atoms with E-state index < -0.39 is 35.0 Å². The summed E-state index contributed by atoms with van der Waals surface area (Å²) >= 11 is 6.66. The molecule has 0 aromatic heterocycles. The minimum atomic E-state index is -1.14. The van der Waals surface area contributed by atoms with Crippen LogP contribution in [0.15, 0.2) is 43.5 Å². The van der Waals surface area contributed by atoms with Gasteiger partial charge in [0.15, 0.2) is 0 Å². The van der Waals surface area contributed by atoms with E-state index in [9.17, 15) is 19.5 Å². The molecule has 1 aromatic rings. The fraction of sp³-hybridized carbons (Fsp3) is 0.618. The number of rotatable bonds is 17. The fourth-order valence-electron chi connectivity index (χ4n) is 7.53. The van der Waals surface area contributed by atoms with Crippen molar-refractivity contribution in [3.8, 4) is 0 Å². The quantitative estimate of drug-likeness (QED) is 0.136. The van der Waals surface area contributed by atoms with Crippen LogP contribution in [0.3, 0.4) is 0 Å². The molecular formula is C34H47ClN2O6.